The van der Waals surface area contributed by atoms with E-state index < -0.39 is 23.5 Å². The lowest BCUT2D eigenvalue weighted by molar-refractivity contribution is -0.247. The molecule has 3 aromatic rings. The summed E-state index contributed by atoms with van der Waals surface area (Å²) >= 11 is 0. The lowest BCUT2D eigenvalue weighted by Crippen LogP contribution is -2.39. The zero-order valence-electron chi connectivity index (χ0n) is 16.7. The average Bonchev–Trinajstić information content (AvgIpc) is 3.08. The van der Waals surface area contributed by atoms with Gasteiger partial charge in [-0.2, -0.15) is 13.2 Å². The number of esters is 1. The Balaban J connectivity index is 1.88. The molecule has 1 aliphatic rings. The molecule has 2 aromatic carbocycles. The number of rotatable bonds is 4. The summed E-state index contributed by atoms with van der Waals surface area (Å²) < 4.78 is 50.5. The minimum Gasteiger partial charge on any atom is -0.427 e. The number of ether oxygens (including phenoxy) is 2. The Kier molecular flexibility index (Phi) is 5.10. The predicted octanol–water partition coefficient (Wildman–Crippen LogP) is 5.94. The van der Waals surface area contributed by atoms with E-state index in [4.69, 9.17) is 9.47 Å². The van der Waals surface area contributed by atoms with E-state index in [-0.39, 0.29) is 0 Å². The highest BCUT2D eigenvalue weighted by molar-refractivity contribution is 5.99. The van der Waals surface area contributed by atoms with Gasteiger partial charge >= 0.3 is 12.1 Å². The summed E-state index contributed by atoms with van der Waals surface area (Å²) in [6.45, 7) is 3.72. The van der Waals surface area contributed by atoms with Gasteiger partial charge in [0.05, 0.1) is 17.9 Å². The Morgan fingerprint density at radius 3 is 2.57 bits per heavy atom. The van der Waals surface area contributed by atoms with Gasteiger partial charge in [0.2, 0.25) is 0 Å². The van der Waals surface area contributed by atoms with Gasteiger partial charge in [-0.1, -0.05) is 31.2 Å². The Labute approximate surface area is 172 Å². The summed E-state index contributed by atoms with van der Waals surface area (Å²) in [4.78, 5) is 15.2. The van der Waals surface area contributed by atoms with Crippen molar-refractivity contribution in [2.24, 2.45) is 0 Å². The van der Waals surface area contributed by atoms with E-state index in [2.05, 4.69) is 4.98 Å². The van der Waals surface area contributed by atoms with Crippen LogP contribution in [0.4, 0.5) is 13.2 Å². The van der Waals surface area contributed by atoms with E-state index in [1.54, 1.807) is 0 Å². The number of fused-ring (bicyclic) bond motifs is 3. The van der Waals surface area contributed by atoms with Crippen LogP contribution in [0.1, 0.15) is 43.5 Å². The molecule has 1 aliphatic heterocycles. The van der Waals surface area contributed by atoms with E-state index >= 15 is 0 Å². The summed E-state index contributed by atoms with van der Waals surface area (Å²) in [5, 5.41) is 0.920. The first kappa shape index (κ1) is 20.5. The average molecular weight is 417 g/mol. The number of halogens is 3. The maximum atomic E-state index is 13.0. The molecule has 4 nitrogen and oxygen atoms in total. The molecular formula is C23H22F3NO3. The lowest BCUT2D eigenvalue weighted by atomic mass is 9.92. The normalized spacial score (nSPS) is 19.0. The molecule has 1 atom stereocenters. The number of aromatic nitrogens is 1. The standard InChI is InChI=1S/C23H22F3NO3/c1-3-12-22(30-14(2)28)21-18(11-13-29-22)20-17(5-4-6-19(20)27-21)15-7-9-16(10-8-15)23(24,25)26/h4-10,27H,3,11-13H2,1-2H3. The number of carbonyl (C=O) groups excluding carboxylic acids is 1. The Morgan fingerprint density at radius 2 is 1.93 bits per heavy atom. The maximum Gasteiger partial charge on any atom is 0.416 e. The zero-order chi connectivity index (χ0) is 21.5. The Bertz CT molecular complexity index is 1090. The van der Waals surface area contributed by atoms with Crippen molar-refractivity contribution in [3.05, 3.63) is 59.3 Å². The number of carbonyl (C=O) groups is 1. The van der Waals surface area contributed by atoms with Crippen LogP contribution in [0.5, 0.6) is 0 Å². The highest BCUT2D eigenvalue weighted by Crippen LogP contribution is 2.44. The topological polar surface area (TPSA) is 51.3 Å². The summed E-state index contributed by atoms with van der Waals surface area (Å²) in [5.74, 6) is -1.61. The molecule has 2 heterocycles. The highest BCUT2D eigenvalue weighted by Gasteiger charge is 2.43. The third-order valence-electron chi connectivity index (χ3n) is 5.41. The van der Waals surface area contributed by atoms with Crippen LogP contribution in [-0.2, 0) is 32.7 Å². The first-order valence-electron chi connectivity index (χ1n) is 9.90. The lowest BCUT2D eigenvalue weighted by Gasteiger charge is -2.36. The fourth-order valence-electron chi connectivity index (χ4n) is 4.25. The summed E-state index contributed by atoms with van der Waals surface area (Å²) in [5.41, 5.74) is 3.35. The quantitative estimate of drug-likeness (QED) is 0.535. The number of nitrogens with one attached hydrogen (secondary N) is 1. The third kappa shape index (κ3) is 3.47. The van der Waals surface area contributed by atoms with Gasteiger partial charge in [0.1, 0.15) is 0 Å². The second kappa shape index (κ2) is 7.47. The second-order valence-electron chi connectivity index (χ2n) is 7.48. The van der Waals surface area contributed by atoms with E-state index in [1.807, 2.05) is 25.1 Å². The van der Waals surface area contributed by atoms with Crippen LogP contribution >= 0.6 is 0 Å². The zero-order valence-corrected chi connectivity index (χ0v) is 16.7. The summed E-state index contributed by atoms with van der Waals surface area (Å²) in [7, 11) is 0. The van der Waals surface area contributed by atoms with Crippen molar-refractivity contribution in [2.45, 2.75) is 45.1 Å². The third-order valence-corrected chi connectivity index (χ3v) is 5.41. The molecule has 158 valence electrons. The van der Waals surface area contributed by atoms with Gasteiger partial charge in [0, 0.05) is 24.2 Å². The molecule has 0 radical (unpaired) electrons. The number of H-pyrrole nitrogens is 1. The molecular weight excluding hydrogens is 395 g/mol. The fourth-order valence-corrected chi connectivity index (χ4v) is 4.25. The molecule has 1 aromatic heterocycles. The minimum atomic E-state index is -4.38. The monoisotopic (exact) mass is 417 g/mol. The molecule has 1 unspecified atom stereocenters. The molecule has 0 saturated heterocycles. The Hall–Kier alpha value is -2.80. The van der Waals surface area contributed by atoms with Crippen molar-refractivity contribution in [3.8, 4) is 11.1 Å². The van der Waals surface area contributed by atoms with Crippen LogP contribution in [0.25, 0.3) is 22.0 Å². The second-order valence-corrected chi connectivity index (χ2v) is 7.48. The molecule has 0 saturated carbocycles. The first-order chi connectivity index (χ1) is 14.2. The van der Waals surface area contributed by atoms with Gasteiger partial charge in [-0.25, -0.2) is 0 Å². The van der Waals surface area contributed by atoms with Crippen LogP contribution in [0.3, 0.4) is 0 Å². The van der Waals surface area contributed by atoms with Crippen molar-refractivity contribution >= 4 is 16.9 Å². The van der Waals surface area contributed by atoms with Crippen LogP contribution in [-0.4, -0.2) is 17.6 Å². The van der Waals surface area contributed by atoms with Crippen LogP contribution in [0.2, 0.25) is 0 Å². The molecule has 0 bridgehead atoms. The van der Waals surface area contributed by atoms with Crippen LogP contribution in [0, 0.1) is 0 Å². The molecule has 1 N–H and O–H groups in total. The summed E-state index contributed by atoms with van der Waals surface area (Å²) in [6.07, 6.45) is -2.52. The number of aromatic amines is 1. The van der Waals surface area contributed by atoms with Gasteiger partial charge in [0.25, 0.3) is 5.79 Å². The largest absolute Gasteiger partial charge is 0.427 e. The van der Waals surface area contributed by atoms with Crippen molar-refractivity contribution in [2.75, 3.05) is 6.61 Å². The van der Waals surface area contributed by atoms with Crippen molar-refractivity contribution < 1.29 is 27.4 Å². The molecule has 0 fully saturated rings. The Morgan fingerprint density at radius 1 is 1.20 bits per heavy atom. The number of benzene rings is 2. The van der Waals surface area contributed by atoms with E-state index in [1.165, 1.54) is 19.1 Å². The maximum absolute atomic E-state index is 13.0. The molecule has 4 rings (SSSR count). The molecule has 0 spiro atoms. The SMILES string of the molecule is CCCC1(OC(C)=O)OCCc2c1[nH]c1cccc(-c3ccc(C(F)(F)F)cc3)c21. The molecule has 30 heavy (non-hydrogen) atoms. The van der Waals surface area contributed by atoms with Gasteiger partial charge in [0.15, 0.2) is 0 Å². The van der Waals surface area contributed by atoms with Gasteiger partial charge < -0.3 is 14.5 Å². The fraction of sp³-hybridized carbons (Fsp3) is 0.348. The predicted molar refractivity (Wildman–Crippen MR) is 107 cm³/mol. The molecule has 0 aliphatic carbocycles. The van der Waals surface area contributed by atoms with E-state index in [0.29, 0.717) is 30.7 Å². The van der Waals surface area contributed by atoms with Crippen molar-refractivity contribution in [1.29, 1.82) is 0 Å². The van der Waals surface area contributed by atoms with Gasteiger partial charge in [-0.3, -0.25) is 4.79 Å². The van der Waals surface area contributed by atoms with E-state index in [9.17, 15) is 18.0 Å². The number of hydrogen-bond acceptors (Lipinski definition) is 3. The first-order valence-corrected chi connectivity index (χ1v) is 9.90. The number of hydrogen-bond donors (Lipinski definition) is 1. The smallest absolute Gasteiger partial charge is 0.416 e. The van der Waals surface area contributed by atoms with Crippen molar-refractivity contribution in [1.82, 2.24) is 4.98 Å². The molecule has 0 amide bonds. The molecule has 7 heteroatoms. The summed E-state index contributed by atoms with van der Waals surface area (Å²) in [6, 6.07) is 10.8. The minimum absolute atomic E-state index is 0.384. The highest BCUT2D eigenvalue weighted by atomic mass is 19.4. The van der Waals surface area contributed by atoms with Gasteiger partial charge in [-0.15, -0.1) is 0 Å². The van der Waals surface area contributed by atoms with Crippen molar-refractivity contribution in [3.63, 3.8) is 0 Å². The van der Waals surface area contributed by atoms with Crippen LogP contribution < -0.4 is 0 Å². The van der Waals surface area contributed by atoms with Gasteiger partial charge in [-0.05, 0) is 47.7 Å². The number of alkyl halides is 3. The van der Waals surface area contributed by atoms with E-state index in [0.717, 1.165) is 40.6 Å². The van der Waals surface area contributed by atoms with Crippen LogP contribution in [0.15, 0.2) is 42.5 Å².